The van der Waals surface area contributed by atoms with Crippen LogP contribution in [0.2, 0.25) is 0 Å². The van der Waals surface area contributed by atoms with Crippen molar-refractivity contribution in [3.8, 4) is 0 Å². The number of likely N-dealkylation sites (tertiary alicyclic amines) is 1. The Bertz CT molecular complexity index is 604. The fourth-order valence-corrected chi connectivity index (χ4v) is 2.95. The normalized spacial score (nSPS) is 21.3. The molecule has 23 heavy (non-hydrogen) atoms. The first-order valence-corrected chi connectivity index (χ1v) is 7.85. The van der Waals surface area contributed by atoms with Crippen molar-refractivity contribution in [3.63, 3.8) is 0 Å². The Kier molecular flexibility index (Phi) is 5.23. The minimum Gasteiger partial charge on any atom is -0.481 e. The van der Waals surface area contributed by atoms with Gasteiger partial charge in [-0.15, -0.1) is 0 Å². The molecule has 2 rings (SSSR count). The number of carbonyl (C=O) groups excluding carboxylic acids is 1. The fourth-order valence-electron chi connectivity index (χ4n) is 2.95. The molecule has 5 nitrogen and oxygen atoms in total. The van der Waals surface area contributed by atoms with Crippen molar-refractivity contribution in [2.24, 2.45) is 5.92 Å². The molecular formula is C17H23FN2O3. The molecule has 0 radical (unpaired) electrons. The van der Waals surface area contributed by atoms with Crippen LogP contribution in [0.25, 0.3) is 0 Å². The van der Waals surface area contributed by atoms with Gasteiger partial charge in [0, 0.05) is 12.6 Å². The second kappa shape index (κ2) is 6.98. The number of piperidine rings is 1. The number of halogens is 1. The first-order chi connectivity index (χ1) is 10.8. The zero-order valence-electron chi connectivity index (χ0n) is 13.7. The Morgan fingerprint density at radius 1 is 1.35 bits per heavy atom. The van der Waals surface area contributed by atoms with E-state index in [-0.39, 0.29) is 30.5 Å². The zero-order chi connectivity index (χ0) is 17.1. The summed E-state index contributed by atoms with van der Waals surface area (Å²) in [6, 6.07) is 4.25. The highest BCUT2D eigenvalue weighted by Gasteiger charge is 2.35. The van der Waals surface area contributed by atoms with Crippen LogP contribution in [-0.4, -0.2) is 34.6 Å². The molecular weight excluding hydrogens is 299 g/mol. The molecule has 1 fully saturated rings. The number of carbonyl (C=O) groups is 2. The van der Waals surface area contributed by atoms with Crippen molar-refractivity contribution < 1.29 is 19.1 Å². The van der Waals surface area contributed by atoms with Gasteiger partial charge in [0.2, 0.25) is 0 Å². The summed E-state index contributed by atoms with van der Waals surface area (Å²) in [7, 11) is 0. The summed E-state index contributed by atoms with van der Waals surface area (Å²) in [4.78, 5) is 25.3. The van der Waals surface area contributed by atoms with Gasteiger partial charge >= 0.3 is 12.0 Å². The predicted molar refractivity (Wildman–Crippen MR) is 84.6 cm³/mol. The molecule has 1 aromatic rings. The fraction of sp³-hybridized carbons (Fsp3) is 0.529. The molecule has 1 aliphatic rings. The van der Waals surface area contributed by atoms with E-state index in [0.29, 0.717) is 18.4 Å². The molecule has 6 heteroatoms. The van der Waals surface area contributed by atoms with Gasteiger partial charge in [0.25, 0.3) is 0 Å². The highest BCUT2D eigenvalue weighted by atomic mass is 19.1. The number of aliphatic carboxylic acids is 1. The highest BCUT2D eigenvalue weighted by molar-refractivity contribution is 5.77. The lowest BCUT2D eigenvalue weighted by molar-refractivity contribution is -0.143. The average Bonchev–Trinajstić information content (AvgIpc) is 2.48. The van der Waals surface area contributed by atoms with E-state index in [4.69, 9.17) is 0 Å². The highest BCUT2D eigenvalue weighted by Crippen LogP contribution is 2.34. The number of amides is 2. The lowest BCUT2D eigenvalue weighted by atomic mass is 9.88. The molecule has 2 N–H and O–H groups in total. The van der Waals surface area contributed by atoms with Crippen molar-refractivity contribution in [2.45, 2.75) is 45.7 Å². The molecule has 1 aromatic carbocycles. The summed E-state index contributed by atoms with van der Waals surface area (Å²) in [6.45, 7) is 5.55. The maximum absolute atomic E-state index is 13.5. The maximum Gasteiger partial charge on any atom is 0.318 e. The van der Waals surface area contributed by atoms with E-state index in [0.717, 1.165) is 5.56 Å². The quantitative estimate of drug-likeness (QED) is 0.898. The van der Waals surface area contributed by atoms with E-state index in [2.05, 4.69) is 5.32 Å². The van der Waals surface area contributed by atoms with Gasteiger partial charge in [-0.25, -0.2) is 9.18 Å². The lowest BCUT2D eigenvalue weighted by Crippen LogP contribution is -2.50. The molecule has 2 atom stereocenters. The first-order valence-electron chi connectivity index (χ1n) is 7.85. The largest absolute Gasteiger partial charge is 0.481 e. The van der Waals surface area contributed by atoms with Gasteiger partial charge in [-0.1, -0.05) is 12.1 Å². The molecule has 0 bridgehead atoms. The van der Waals surface area contributed by atoms with E-state index < -0.39 is 11.9 Å². The number of rotatable bonds is 3. The van der Waals surface area contributed by atoms with Crippen LogP contribution >= 0.6 is 0 Å². The molecule has 0 spiro atoms. The summed E-state index contributed by atoms with van der Waals surface area (Å²) < 4.78 is 13.5. The van der Waals surface area contributed by atoms with E-state index in [1.807, 2.05) is 13.8 Å². The monoisotopic (exact) mass is 322 g/mol. The molecule has 1 aliphatic heterocycles. The Morgan fingerprint density at radius 2 is 2.04 bits per heavy atom. The van der Waals surface area contributed by atoms with Crippen LogP contribution in [0.5, 0.6) is 0 Å². The third-order valence-corrected chi connectivity index (χ3v) is 4.17. The Hall–Kier alpha value is -2.11. The molecule has 2 amide bonds. The van der Waals surface area contributed by atoms with Crippen LogP contribution in [0.15, 0.2) is 18.2 Å². The summed E-state index contributed by atoms with van der Waals surface area (Å²) in [5.74, 6) is -1.74. The number of carboxylic acids is 1. The van der Waals surface area contributed by atoms with Gasteiger partial charge in [-0.2, -0.15) is 0 Å². The molecule has 0 saturated carbocycles. The lowest BCUT2D eigenvalue weighted by Gasteiger charge is -2.39. The van der Waals surface area contributed by atoms with Crippen molar-refractivity contribution >= 4 is 12.0 Å². The zero-order valence-corrected chi connectivity index (χ0v) is 13.7. The van der Waals surface area contributed by atoms with Gasteiger partial charge in [0.1, 0.15) is 5.82 Å². The van der Waals surface area contributed by atoms with Crippen molar-refractivity contribution in [2.75, 3.05) is 6.54 Å². The van der Waals surface area contributed by atoms with Crippen LogP contribution in [0.1, 0.15) is 43.9 Å². The summed E-state index contributed by atoms with van der Waals surface area (Å²) in [5.41, 5.74) is 1.36. The topological polar surface area (TPSA) is 69.6 Å². The summed E-state index contributed by atoms with van der Waals surface area (Å²) in [5, 5.41) is 12.1. The summed E-state index contributed by atoms with van der Waals surface area (Å²) >= 11 is 0. The molecule has 0 aliphatic carbocycles. The predicted octanol–water partition coefficient (Wildman–Crippen LogP) is 3.09. The molecule has 126 valence electrons. The first kappa shape index (κ1) is 17.2. The number of nitrogens with one attached hydrogen (secondary N) is 1. The second-order valence-corrected chi connectivity index (χ2v) is 6.39. The van der Waals surface area contributed by atoms with Crippen molar-refractivity contribution in [3.05, 3.63) is 35.1 Å². The maximum atomic E-state index is 13.5. The summed E-state index contributed by atoms with van der Waals surface area (Å²) in [6.07, 6.45) is 1.05. The molecule has 1 saturated heterocycles. The second-order valence-electron chi connectivity index (χ2n) is 6.39. The van der Waals surface area contributed by atoms with Gasteiger partial charge < -0.3 is 15.3 Å². The number of carboxylic acid groups (broad SMARTS) is 1. The average molecular weight is 322 g/mol. The minimum atomic E-state index is -0.888. The van der Waals surface area contributed by atoms with E-state index in [1.165, 1.54) is 6.07 Å². The van der Waals surface area contributed by atoms with Gasteiger partial charge in [-0.3, -0.25) is 4.79 Å². The van der Waals surface area contributed by atoms with Crippen LogP contribution < -0.4 is 5.32 Å². The Balaban J connectivity index is 2.29. The number of nitrogens with zero attached hydrogens (tertiary/aromatic N) is 1. The molecule has 0 aromatic heterocycles. The third-order valence-electron chi connectivity index (χ3n) is 4.17. The number of hydrogen-bond acceptors (Lipinski definition) is 2. The Morgan fingerprint density at radius 3 is 2.61 bits per heavy atom. The van der Waals surface area contributed by atoms with Gasteiger partial charge in [0.05, 0.1) is 12.0 Å². The van der Waals surface area contributed by atoms with Gasteiger partial charge in [-0.05, 0) is 50.8 Å². The molecule has 1 heterocycles. The standard InChI is InChI=1S/C17H23FN2O3/c1-10(2)19-17(23)20-9-13(16(21)22)5-7-15(20)12-4-6-14(18)11(3)8-12/h4,6,8,10,13,15H,5,7,9H2,1-3H3,(H,19,23)(H,21,22). The minimum absolute atomic E-state index is 0.0386. The van der Waals surface area contributed by atoms with Crippen LogP contribution in [0.3, 0.4) is 0 Å². The number of hydrogen-bond donors (Lipinski definition) is 2. The van der Waals surface area contributed by atoms with E-state index in [9.17, 15) is 19.1 Å². The smallest absolute Gasteiger partial charge is 0.318 e. The third kappa shape index (κ3) is 4.00. The van der Waals surface area contributed by atoms with Crippen LogP contribution in [0, 0.1) is 18.7 Å². The number of urea groups is 1. The van der Waals surface area contributed by atoms with Crippen LogP contribution in [0.4, 0.5) is 9.18 Å². The number of benzene rings is 1. The SMILES string of the molecule is Cc1cc(C2CCC(C(=O)O)CN2C(=O)NC(C)C)ccc1F. The van der Waals surface area contributed by atoms with Crippen molar-refractivity contribution in [1.29, 1.82) is 0 Å². The van der Waals surface area contributed by atoms with E-state index >= 15 is 0 Å². The van der Waals surface area contributed by atoms with Crippen LogP contribution in [-0.2, 0) is 4.79 Å². The molecule has 2 unspecified atom stereocenters. The number of aryl methyl sites for hydroxylation is 1. The van der Waals surface area contributed by atoms with Gasteiger partial charge in [0.15, 0.2) is 0 Å². The van der Waals surface area contributed by atoms with E-state index in [1.54, 1.807) is 24.0 Å². The Labute approximate surface area is 135 Å². The van der Waals surface area contributed by atoms with Crippen molar-refractivity contribution in [1.82, 2.24) is 10.2 Å².